The average molecular weight is 413 g/mol. The van der Waals surface area contributed by atoms with E-state index >= 15 is 0 Å². The van der Waals surface area contributed by atoms with Crippen molar-refractivity contribution in [3.63, 3.8) is 0 Å². The number of alkyl halides is 1. The molecule has 5 fully saturated rings. The van der Waals surface area contributed by atoms with Crippen molar-refractivity contribution in [2.24, 2.45) is 45.7 Å². The van der Waals surface area contributed by atoms with E-state index < -0.39 is 0 Å². The number of hydrogen-bond donors (Lipinski definition) is 1. The van der Waals surface area contributed by atoms with Crippen LogP contribution in [0.25, 0.3) is 0 Å². The lowest BCUT2D eigenvalue weighted by molar-refractivity contribution is -0.129. The van der Waals surface area contributed by atoms with Crippen molar-refractivity contribution >= 4 is 23.7 Å². The molecule has 0 saturated heterocycles. The first-order valence-corrected chi connectivity index (χ1v) is 12.0. The first-order chi connectivity index (χ1) is 14.1. The summed E-state index contributed by atoms with van der Waals surface area (Å²) in [6.45, 7) is 0.788. The van der Waals surface area contributed by atoms with Crippen LogP contribution in [0.5, 0.6) is 0 Å². The van der Waals surface area contributed by atoms with Crippen LogP contribution in [0.15, 0.2) is 35.3 Å². The smallest absolute Gasteiger partial charge is 0.251 e. The summed E-state index contributed by atoms with van der Waals surface area (Å²) in [5, 5.41) is 0. The van der Waals surface area contributed by atoms with Crippen molar-refractivity contribution in [2.75, 3.05) is 12.4 Å². The van der Waals surface area contributed by atoms with E-state index in [2.05, 4.69) is 35.3 Å². The molecule has 1 aromatic rings. The molecule has 5 atom stereocenters. The van der Waals surface area contributed by atoms with E-state index in [1.165, 1.54) is 24.8 Å². The van der Waals surface area contributed by atoms with Gasteiger partial charge < -0.3 is 5.73 Å². The second-order valence-corrected chi connectivity index (χ2v) is 10.7. The molecule has 5 aliphatic rings. The van der Waals surface area contributed by atoms with Crippen molar-refractivity contribution in [3.05, 3.63) is 35.9 Å². The maximum Gasteiger partial charge on any atom is 0.251 e. The van der Waals surface area contributed by atoms with Gasteiger partial charge in [0.15, 0.2) is 0 Å². The Morgan fingerprint density at radius 2 is 1.90 bits per heavy atom. The highest BCUT2D eigenvalue weighted by atomic mass is 35.5. The molecule has 4 bridgehead atoms. The minimum Gasteiger partial charge on any atom is -0.330 e. The van der Waals surface area contributed by atoms with E-state index in [1.807, 2.05) is 6.21 Å². The predicted molar refractivity (Wildman–Crippen MR) is 118 cm³/mol. The molecule has 5 saturated carbocycles. The highest BCUT2D eigenvalue weighted by Gasteiger charge is 2.70. The molecule has 0 radical (unpaired) electrons. The Morgan fingerprint density at radius 1 is 1.14 bits per heavy atom. The number of hydrogen-bond acceptors (Lipinski definition) is 2. The minimum atomic E-state index is -0.275. The Labute approximate surface area is 179 Å². The zero-order valence-corrected chi connectivity index (χ0v) is 18.0. The molecule has 5 aliphatic carbocycles. The Kier molecular flexibility index (Phi) is 5.11. The molecule has 0 aliphatic heterocycles. The molecule has 5 unspecified atom stereocenters. The normalized spacial score (nSPS) is 43.3. The third kappa shape index (κ3) is 3.11. The highest BCUT2D eigenvalue weighted by molar-refractivity contribution is 6.18. The molecule has 3 nitrogen and oxygen atoms in total. The van der Waals surface area contributed by atoms with Crippen LogP contribution in [0, 0.1) is 35.0 Å². The number of benzene rings is 1. The summed E-state index contributed by atoms with van der Waals surface area (Å²) < 4.78 is 0. The standard InChI is InChI=1S/C25H33ClN2O/c26-13-21-19-10-24(20-4-2-1-3-5-20)12-22(21)25(11-19,16-24)23(29)28-15-18-8-6-17(14-27)7-9-18/h1-5,15,17-19,21-22H,6-14,16,27H2/b28-15+. The maximum absolute atomic E-state index is 13.6. The molecule has 1 aromatic carbocycles. The van der Waals surface area contributed by atoms with Gasteiger partial charge in [-0.05, 0) is 98.5 Å². The van der Waals surface area contributed by atoms with Crippen LogP contribution >= 0.6 is 11.6 Å². The first kappa shape index (κ1) is 19.8. The van der Waals surface area contributed by atoms with E-state index in [1.54, 1.807) is 0 Å². The van der Waals surface area contributed by atoms with Gasteiger partial charge >= 0.3 is 0 Å². The Hall–Kier alpha value is -1.19. The zero-order valence-electron chi connectivity index (χ0n) is 17.2. The average Bonchev–Trinajstić information content (AvgIpc) is 3.14. The third-order valence-electron chi connectivity index (χ3n) is 8.99. The topological polar surface area (TPSA) is 55.4 Å². The number of aliphatic imine (C=N–C) groups is 1. The van der Waals surface area contributed by atoms with Crippen molar-refractivity contribution in [1.29, 1.82) is 0 Å². The summed E-state index contributed by atoms with van der Waals surface area (Å²) in [5.74, 6) is 3.39. The Morgan fingerprint density at radius 3 is 2.59 bits per heavy atom. The second-order valence-electron chi connectivity index (χ2n) is 10.4. The molecular formula is C25H33ClN2O. The van der Waals surface area contributed by atoms with Crippen molar-refractivity contribution in [3.8, 4) is 0 Å². The molecule has 2 N–H and O–H groups in total. The molecule has 0 heterocycles. The van der Waals surface area contributed by atoms with Crippen LogP contribution < -0.4 is 5.73 Å². The van der Waals surface area contributed by atoms with Gasteiger partial charge in [-0.15, -0.1) is 11.6 Å². The van der Waals surface area contributed by atoms with Gasteiger partial charge in [-0.3, -0.25) is 4.79 Å². The van der Waals surface area contributed by atoms with Crippen LogP contribution in [-0.2, 0) is 10.2 Å². The van der Waals surface area contributed by atoms with E-state index in [4.69, 9.17) is 17.3 Å². The van der Waals surface area contributed by atoms with Gasteiger partial charge in [0.05, 0.1) is 5.41 Å². The number of carbonyl (C=O) groups excluding carboxylic acids is 1. The fraction of sp³-hybridized carbons (Fsp3) is 0.680. The number of amides is 1. The third-order valence-corrected chi connectivity index (χ3v) is 9.35. The summed E-state index contributed by atoms with van der Waals surface area (Å²) >= 11 is 6.42. The quantitative estimate of drug-likeness (QED) is 0.548. The second kappa shape index (κ2) is 7.50. The highest BCUT2D eigenvalue weighted by Crippen LogP contribution is 2.73. The predicted octanol–water partition coefficient (Wildman–Crippen LogP) is 4.96. The number of nitrogens with two attached hydrogens (primary N) is 1. The molecule has 29 heavy (non-hydrogen) atoms. The van der Waals surface area contributed by atoms with Gasteiger partial charge in [0.2, 0.25) is 0 Å². The first-order valence-electron chi connectivity index (χ1n) is 11.5. The van der Waals surface area contributed by atoms with Gasteiger partial charge in [0.25, 0.3) is 5.91 Å². The molecule has 0 spiro atoms. The fourth-order valence-corrected chi connectivity index (χ4v) is 8.06. The number of rotatable bonds is 5. The maximum atomic E-state index is 13.6. The molecule has 0 aromatic heterocycles. The monoisotopic (exact) mass is 412 g/mol. The van der Waals surface area contributed by atoms with Crippen LogP contribution in [0.3, 0.4) is 0 Å². The summed E-state index contributed by atoms with van der Waals surface area (Å²) in [6.07, 6.45) is 10.8. The van der Waals surface area contributed by atoms with Gasteiger partial charge in [-0.1, -0.05) is 30.3 Å². The van der Waals surface area contributed by atoms with Gasteiger partial charge in [-0.2, -0.15) is 0 Å². The molecule has 4 heteroatoms. The largest absolute Gasteiger partial charge is 0.330 e. The lowest BCUT2D eigenvalue weighted by Crippen LogP contribution is -2.38. The van der Waals surface area contributed by atoms with Gasteiger partial charge in [-0.25, -0.2) is 4.99 Å². The zero-order chi connectivity index (χ0) is 20.1. The molecule has 1 amide bonds. The van der Waals surface area contributed by atoms with Gasteiger partial charge in [0.1, 0.15) is 0 Å². The summed E-state index contributed by atoms with van der Waals surface area (Å²) in [4.78, 5) is 18.2. The SMILES string of the molecule is NCC1CCC(/C=N/C(=O)C23CC4CC(c5ccccc5)(CC2C4CCl)C3)CC1. The Bertz CT molecular complexity index is 787. The molecular weight excluding hydrogens is 380 g/mol. The van der Waals surface area contributed by atoms with Crippen molar-refractivity contribution in [2.45, 2.75) is 56.8 Å². The number of halogens is 1. The van der Waals surface area contributed by atoms with Gasteiger partial charge in [0, 0.05) is 12.1 Å². The fourth-order valence-electron chi connectivity index (χ4n) is 7.60. The van der Waals surface area contributed by atoms with E-state index in [0.29, 0.717) is 35.5 Å². The summed E-state index contributed by atoms with van der Waals surface area (Å²) in [5.41, 5.74) is 7.11. The number of carbonyl (C=O) groups is 1. The van der Waals surface area contributed by atoms with Crippen LogP contribution in [0.1, 0.15) is 56.9 Å². The number of nitrogens with zero attached hydrogens (tertiary/aromatic N) is 1. The van der Waals surface area contributed by atoms with Crippen LogP contribution in [-0.4, -0.2) is 24.5 Å². The van der Waals surface area contributed by atoms with E-state index in [0.717, 1.165) is 38.6 Å². The molecule has 156 valence electrons. The van der Waals surface area contributed by atoms with Crippen molar-refractivity contribution < 1.29 is 4.79 Å². The Balaban J connectivity index is 1.38. The summed E-state index contributed by atoms with van der Waals surface area (Å²) in [7, 11) is 0. The molecule has 6 rings (SSSR count). The van der Waals surface area contributed by atoms with E-state index in [9.17, 15) is 4.79 Å². The minimum absolute atomic E-state index is 0.151. The van der Waals surface area contributed by atoms with E-state index in [-0.39, 0.29) is 16.7 Å². The lowest BCUT2D eigenvalue weighted by Gasteiger charge is -2.42. The van der Waals surface area contributed by atoms with Crippen molar-refractivity contribution in [1.82, 2.24) is 0 Å². The van der Waals surface area contributed by atoms with Crippen LogP contribution in [0.4, 0.5) is 0 Å². The van der Waals surface area contributed by atoms with Crippen LogP contribution in [0.2, 0.25) is 0 Å². The summed E-state index contributed by atoms with van der Waals surface area (Å²) in [6, 6.07) is 10.9. The lowest BCUT2D eigenvalue weighted by atomic mass is 9.62.